The molecular weight excluding hydrogens is 436 g/mol. The van der Waals surface area contributed by atoms with E-state index in [1.165, 1.54) is 24.0 Å². The lowest BCUT2D eigenvalue weighted by Crippen LogP contribution is -2.58. The molecule has 0 aromatic heterocycles. The second-order valence-electron chi connectivity index (χ2n) is 7.98. The van der Waals surface area contributed by atoms with Gasteiger partial charge < -0.3 is 41.7 Å². The number of likely N-dealkylation sites (tertiary alicyclic amines) is 1. The molecule has 1 fully saturated rings. The standard InChI is InChI=1S/C21H30N4O8/c1-11(27)17(21(32)33)24-19(30)16-3-2-8-25(16)20(31)15(23-18(29)14(22)10-26)9-12-4-6-13(28)7-5-12/h4-7,11,14-17,26-28H,2-3,8-10,22H2,1H3,(H,23,29)(H,24,30)(H,32,33). The summed E-state index contributed by atoms with van der Waals surface area (Å²) < 4.78 is 0. The molecule has 0 saturated carbocycles. The van der Waals surface area contributed by atoms with E-state index in [0.29, 0.717) is 12.0 Å². The van der Waals surface area contributed by atoms with Crippen LogP contribution < -0.4 is 16.4 Å². The number of phenols is 1. The summed E-state index contributed by atoms with van der Waals surface area (Å²) in [7, 11) is 0. The van der Waals surface area contributed by atoms with Crippen LogP contribution in [0.2, 0.25) is 0 Å². The molecule has 0 spiro atoms. The third-order valence-corrected chi connectivity index (χ3v) is 5.41. The van der Waals surface area contributed by atoms with E-state index in [9.17, 15) is 34.5 Å². The number of aliphatic hydroxyl groups is 2. The largest absolute Gasteiger partial charge is 0.508 e. The lowest BCUT2D eigenvalue weighted by atomic mass is 10.0. The number of hydrogen-bond acceptors (Lipinski definition) is 8. The van der Waals surface area contributed by atoms with Crippen LogP contribution in [0.5, 0.6) is 5.75 Å². The molecule has 12 heteroatoms. The van der Waals surface area contributed by atoms with Crippen LogP contribution in [-0.2, 0) is 25.6 Å². The summed E-state index contributed by atoms with van der Waals surface area (Å²) >= 11 is 0. The number of hydrogen-bond donors (Lipinski definition) is 7. The maximum Gasteiger partial charge on any atom is 0.328 e. The summed E-state index contributed by atoms with van der Waals surface area (Å²) in [6.45, 7) is 0.804. The lowest BCUT2D eigenvalue weighted by molar-refractivity contribution is -0.147. The molecule has 8 N–H and O–H groups in total. The van der Waals surface area contributed by atoms with E-state index < -0.39 is 60.6 Å². The van der Waals surface area contributed by atoms with Crippen molar-refractivity contribution in [1.29, 1.82) is 0 Å². The smallest absolute Gasteiger partial charge is 0.328 e. The first-order chi connectivity index (χ1) is 15.5. The van der Waals surface area contributed by atoms with E-state index in [-0.39, 0.29) is 25.1 Å². The van der Waals surface area contributed by atoms with Gasteiger partial charge in [-0.3, -0.25) is 14.4 Å². The number of carbonyl (C=O) groups excluding carboxylic acids is 3. The molecule has 3 amide bonds. The molecule has 12 nitrogen and oxygen atoms in total. The van der Waals surface area contributed by atoms with Crippen molar-refractivity contribution in [3.8, 4) is 5.75 Å². The van der Waals surface area contributed by atoms with Gasteiger partial charge in [-0.2, -0.15) is 0 Å². The Hall–Kier alpha value is -3.22. The molecule has 5 unspecified atom stereocenters. The highest BCUT2D eigenvalue weighted by molar-refractivity contribution is 5.94. The van der Waals surface area contributed by atoms with Crippen molar-refractivity contribution in [2.24, 2.45) is 5.73 Å². The van der Waals surface area contributed by atoms with Gasteiger partial charge in [-0.1, -0.05) is 12.1 Å². The van der Waals surface area contributed by atoms with Gasteiger partial charge in [0.1, 0.15) is 23.9 Å². The maximum atomic E-state index is 13.3. The molecule has 0 bridgehead atoms. The minimum atomic E-state index is -1.54. The Labute approximate surface area is 190 Å². The molecule has 182 valence electrons. The summed E-state index contributed by atoms with van der Waals surface area (Å²) in [5.41, 5.74) is 6.17. The van der Waals surface area contributed by atoms with Gasteiger partial charge in [0.15, 0.2) is 6.04 Å². The number of carbonyl (C=O) groups is 4. The number of nitrogens with zero attached hydrogens (tertiary/aromatic N) is 1. The van der Waals surface area contributed by atoms with Crippen molar-refractivity contribution in [2.75, 3.05) is 13.2 Å². The quantitative estimate of drug-likeness (QED) is 0.197. The van der Waals surface area contributed by atoms with Crippen molar-refractivity contribution in [1.82, 2.24) is 15.5 Å². The number of aliphatic hydroxyl groups excluding tert-OH is 2. The Balaban J connectivity index is 2.23. The molecule has 1 aliphatic heterocycles. The molecule has 1 saturated heterocycles. The molecular formula is C21H30N4O8. The van der Waals surface area contributed by atoms with Gasteiger partial charge in [0, 0.05) is 13.0 Å². The lowest BCUT2D eigenvalue weighted by Gasteiger charge is -2.30. The van der Waals surface area contributed by atoms with Gasteiger partial charge >= 0.3 is 5.97 Å². The monoisotopic (exact) mass is 466 g/mol. The van der Waals surface area contributed by atoms with Crippen molar-refractivity contribution < 1.29 is 39.6 Å². The van der Waals surface area contributed by atoms with Gasteiger partial charge in [-0.05, 0) is 37.5 Å². The Morgan fingerprint density at radius 2 is 1.82 bits per heavy atom. The van der Waals surface area contributed by atoms with Crippen LogP contribution in [0.4, 0.5) is 0 Å². The maximum absolute atomic E-state index is 13.3. The van der Waals surface area contributed by atoms with Crippen LogP contribution in [0.15, 0.2) is 24.3 Å². The van der Waals surface area contributed by atoms with E-state index in [2.05, 4.69) is 10.6 Å². The van der Waals surface area contributed by atoms with E-state index in [4.69, 9.17) is 10.8 Å². The van der Waals surface area contributed by atoms with Crippen molar-refractivity contribution in [3.63, 3.8) is 0 Å². The van der Waals surface area contributed by atoms with E-state index in [0.717, 1.165) is 0 Å². The van der Waals surface area contributed by atoms with E-state index in [1.807, 2.05) is 0 Å². The SMILES string of the molecule is CC(O)C(NC(=O)C1CCCN1C(=O)C(Cc1ccc(O)cc1)NC(=O)C(N)CO)C(=O)O. The van der Waals surface area contributed by atoms with Gasteiger partial charge in [0.25, 0.3) is 0 Å². The number of nitrogens with one attached hydrogen (secondary N) is 2. The molecule has 33 heavy (non-hydrogen) atoms. The van der Waals surface area contributed by atoms with Gasteiger partial charge in [0.05, 0.1) is 12.7 Å². The molecule has 5 atom stereocenters. The number of carboxylic acid groups (broad SMARTS) is 1. The van der Waals surface area contributed by atoms with Crippen LogP contribution in [0.25, 0.3) is 0 Å². The second kappa shape index (κ2) is 11.6. The highest BCUT2D eigenvalue weighted by Gasteiger charge is 2.39. The number of rotatable bonds is 10. The Bertz CT molecular complexity index is 860. The first kappa shape index (κ1) is 26.0. The highest BCUT2D eigenvalue weighted by atomic mass is 16.4. The number of nitrogens with two attached hydrogens (primary N) is 1. The Morgan fingerprint density at radius 1 is 1.18 bits per heavy atom. The molecule has 0 radical (unpaired) electrons. The van der Waals surface area contributed by atoms with Crippen LogP contribution in [-0.4, -0.2) is 92.4 Å². The number of benzene rings is 1. The third kappa shape index (κ3) is 6.88. The molecule has 0 aliphatic carbocycles. The number of amides is 3. The number of aliphatic carboxylic acids is 1. The average Bonchev–Trinajstić information content (AvgIpc) is 3.26. The van der Waals surface area contributed by atoms with Gasteiger partial charge in [-0.15, -0.1) is 0 Å². The molecule has 1 aliphatic rings. The first-order valence-electron chi connectivity index (χ1n) is 10.5. The zero-order valence-corrected chi connectivity index (χ0v) is 18.2. The predicted octanol–water partition coefficient (Wildman–Crippen LogP) is -2.32. The average molecular weight is 466 g/mol. The highest BCUT2D eigenvalue weighted by Crippen LogP contribution is 2.21. The third-order valence-electron chi connectivity index (χ3n) is 5.41. The topological polar surface area (TPSA) is 203 Å². The van der Waals surface area contributed by atoms with Crippen LogP contribution in [0.1, 0.15) is 25.3 Å². The summed E-state index contributed by atoms with van der Waals surface area (Å²) in [6, 6.07) is 1.09. The Kier molecular flexibility index (Phi) is 9.14. The van der Waals surface area contributed by atoms with Crippen molar-refractivity contribution >= 4 is 23.7 Å². The zero-order chi connectivity index (χ0) is 24.7. The fourth-order valence-corrected chi connectivity index (χ4v) is 3.57. The number of phenolic OH excluding ortho intramolecular Hbond substituents is 1. The summed E-state index contributed by atoms with van der Waals surface area (Å²) in [5, 5.41) is 42.2. The fraction of sp³-hybridized carbons (Fsp3) is 0.524. The number of aromatic hydroxyl groups is 1. The van der Waals surface area contributed by atoms with Gasteiger partial charge in [-0.25, -0.2) is 4.79 Å². The minimum Gasteiger partial charge on any atom is -0.508 e. The van der Waals surface area contributed by atoms with Crippen molar-refractivity contribution in [3.05, 3.63) is 29.8 Å². The van der Waals surface area contributed by atoms with Crippen LogP contribution in [0.3, 0.4) is 0 Å². The minimum absolute atomic E-state index is 0.0235. The molecule has 2 rings (SSSR count). The second-order valence-corrected chi connectivity index (χ2v) is 7.98. The van der Waals surface area contributed by atoms with Crippen molar-refractivity contribution in [2.45, 2.75) is 56.5 Å². The number of carboxylic acids is 1. The van der Waals surface area contributed by atoms with Crippen LogP contribution >= 0.6 is 0 Å². The Morgan fingerprint density at radius 3 is 2.36 bits per heavy atom. The van der Waals surface area contributed by atoms with Gasteiger partial charge in [0.2, 0.25) is 17.7 Å². The molecule has 1 aromatic carbocycles. The molecule has 1 aromatic rings. The van der Waals surface area contributed by atoms with Crippen LogP contribution in [0, 0.1) is 0 Å². The zero-order valence-electron chi connectivity index (χ0n) is 18.2. The summed E-state index contributed by atoms with van der Waals surface area (Å²) in [5.74, 6) is -3.45. The van der Waals surface area contributed by atoms with E-state index >= 15 is 0 Å². The van der Waals surface area contributed by atoms with E-state index in [1.54, 1.807) is 12.1 Å². The molecule has 1 heterocycles. The first-order valence-corrected chi connectivity index (χ1v) is 10.5. The summed E-state index contributed by atoms with van der Waals surface area (Å²) in [4.78, 5) is 50.9. The normalized spacial score (nSPS) is 19.3. The predicted molar refractivity (Wildman–Crippen MR) is 115 cm³/mol. The summed E-state index contributed by atoms with van der Waals surface area (Å²) in [6.07, 6.45) is -0.566. The fourth-order valence-electron chi connectivity index (χ4n) is 3.57.